The number of carboxylic acid groups (broad SMARTS) is 1. The summed E-state index contributed by atoms with van der Waals surface area (Å²) in [5, 5.41) is 10.4. The number of ether oxygens (including phenoxy) is 1. The Balaban J connectivity index is 2.26. The van der Waals surface area contributed by atoms with E-state index in [9.17, 15) is 14.7 Å². The van der Waals surface area contributed by atoms with Crippen molar-refractivity contribution in [3.63, 3.8) is 0 Å². The Morgan fingerprint density at radius 3 is 2.48 bits per heavy atom. The van der Waals surface area contributed by atoms with Gasteiger partial charge < -0.3 is 9.84 Å². The van der Waals surface area contributed by atoms with E-state index < -0.39 is 11.9 Å². The van der Waals surface area contributed by atoms with Crippen LogP contribution in [-0.2, 0) is 4.74 Å². The molecule has 0 saturated carbocycles. The number of carbonyl (C=O) groups is 2. The van der Waals surface area contributed by atoms with Gasteiger partial charge in [0, 0.05) is 10.9 Å². The number of nitrogens with zero attached hydrogens (tertiary/aromatic N) is 2. The van der Waals surface area contributed by atoms with Gasteiger partial charge in [0.05, 0.1) is 23.2 Å². The first-order chi connectivity index (χ1) is 13.1. The van der Waals surface area contributed by atoms with E-state index in [2.05, 4.69) is 4.98 Å². The molecule has 4 aromatic rings. The molecule has 0 unspecified atom stereocenters. The van der Waals surface area contributed by atoms with E-state index in [1.165, 1.54) is 6.33 Å². The molecule has 6 nitrogen and oxygen atoms in total. The van der Waals surface area contributed by atoms with Crippen LogP contribution in [0.25, 0.3) is 27.5 Å². The standard InChI is InChI=1S/C21H16N2O4/c1-2-27-21(26)17-16(13-8-4-3-5-9-13)14-10-6-7-11-15(14)23-12-22-18(19(17)23)20(24)25/h3-12H,2H2,1H3,(H,24,25). The Morgan fingerprint density at radius 2 is 1.78 bits per heavy atom. The lowest BCUT2D eigenvalue weighted by Gasteiger charge is -2.16. The van der Waals surface area contributed by atoms with Crippen LogP contribution in [0.3, 0.4) is 0 Å². The van der Waals surface area contributed by atoms with Gasteiger partial charge in [-0.05, 0) is 18.6 Å². The fourth-order valence-corrected chi connectivity index (χ4v) is 3.38. The van der Waals surface area contributed by atoms with Crippen LogP contribution < -0.4 is 0 Å². The van der Waals surface area contributed by atoms with Crippen LogP contribution >= 0.6 is 0 Å². The Labute approximate surface area is 154 Å². The third-order valence-corrected chi connectivity index (χ3v) is 4.43. The zero-order valence-corrected chi connectivity index (χ0v) is 14.5. The van der Waals surface area contributed by atoms with E-state index in [1.54, 1.807) is 11.3 Å². The van der Waals surface area contributed by atoms with Crippen LogP contribution in [0.1, 0.15) is 27.8 Å². The molecule has 6 heteroatoms. The van der Waals surface area contributed by atoms with E-state index in [0.717, 1.165) is 16.5 Å². The molecular formula is C21H16N2O4. The third kappa shape index (κ3) is 2.62. The molecule has 0 amide bonds. The number of carbonyl (C=O) groups excluding carboxylic acids is 1. The van der Waals surface area contributed by atoms with Crippen LogP contribution in [0.2, 0.25) is 0 Å². The first-order valence-corrected chi connectivity index (χ1v) is 8.51. The summed E-state index contributed by atoms with van der Waals surface area (Å²) in [6.07, 6.45) is 1.43. The average molecular weight is 360 g/mol. The smallest absolute Gasteiger partial charge is 0.356 e. The lowest BCUT2D eigenvalue weighted by molar-refractivity contribution is 0.0529. The lowest BCUT2D eigenvalue weighted by atomic mass is 9.94. The highest BCUT2D eigenvalue weighted by atomic mass is 16.5. The molecule has 2 aromatic carbocycles. The molecule has 4 rings (SSSR count). The maximum atomic E-state index is 12.9. The summed E-state index contributed by atoms with van der Waals surface area (Å²) in [5.74, 6) is -1.77. The molecule has 0 aliphatic heterocycles. The fourth-order valence-electron chi connectivity index (χ4n) is 3.38. The molecule has 0 aliphatic carbocycles. The van der Waals surface area contributed by atoms with Gasteiger partial charge in [0.15, 0.2) is 5.69 Å². The first kappa shape index (κ1) is 16.8. The number of fused-ring (bicyclic) bond motifs is 3. The van der Waals surface area contributed by atoms with Crippen LogP contribution in [0.4, 0.5) is 0 Å². The normalized spacial score (nSPS) is 11.0. The summed E-state index contributed by atoms with van der Waals surface area (Å²) < 4.78 is 6.91. The number of rotatable bonds is 4. The molecule has 2 heterocycles. The number of carboxylic acids is 1. The molecule has 1 N–H and O–H groups in total. The molecule has 0 fully saturated rings. The van der Waals surface area contributed by atoms with Crippen molar-refractivity contribution < 1.29 is 19.4 Å². The van der Waals surface area contributed by atoms with Gasteiger partial charge in [0.25, 0.3) is 0 Å². The second kappa shape index (κ2) is 6.57. The average Bonchev–Trinajstić information content (AvgIpc) is 3.13. The molecule has 0 radical (unpaired) electrons. The summed E-state index contributed by atoms with van der Waals surface area (Å²) in [5.41, 5.74) is 2.47. The quantitative estimate of drug-likeness (QED) is 0.556. The van der Waals surface area contributed by atoms with Crippen molar-refractivity contribution in [1.82, 2.24) is 9.38 Å². The highest BCUT2D eigenvalue weighted by Gasteiger charge is 2.27. The summed E-state index contributed by atoms with van der Waals surface area (Å²) in [6, 6.07) is 16.9. The topological polar surface area (TPSA) is 80.9 Å². The summed E-state index contributed by atoms with van der Waals surface area (Å²) in [4.78, 5) is 28.7. The van der Waals surface area contributed by atoms with E-state index in [1.807, 2.05) is 54.6 Å². The fraction of sp³-hybridized carbons (Fsp3) is 0.0952. The van der Waals surface area contributed by atoms with Crippen molar-refractivity contribution >= 4 is 28.4 Å². The lowest BCUT2D eigenvalue weighted by Crippen LogP contribution is -2.12. The largest absolute Gasteiger partial charge is 0.476 e. The third-order valence-electron chi connectivity index (χ3n) is 4.43. The van der Waals surface area contributed by atoms with Gasteiger partial charge in [0.1, 0.15) is 6.33 Å². The molecule has 0 spiro atoms. The van der Waals surface area contributed by atoms with Crippen LogP contribution in [0.15, 0.2) is 60.9 Å². The van der Waals surface area contributed by atoms with Crippen LogP contribution in [0.5, 0.6) is 0 Å². The number of imidazole rings is 1. The number of hydrogen-bond donors (Lipinski definition) is 1. The zero-order chi connectivity index (χ0) is 19.0. The van der Waals surface area contributed by atoms with Crippen molar-refractivity contribution in [2.24, 2.45) is 0 Å². The van der Waals surface area contributed by atoms with Crippen LogP contribution in [-0.4, -0.2) is 33.0 Å². The van der Waals surface area contributed by atoms with Crippen molar-refractivity contribution in [3.05, 3.63) is 72.2 Å². The Kier molecular flexibility index (Phi) is 4.08. The molecule has 0 aliphatic rings. The monoisotopic (exact) mass is 360 g/mol. The zero-order valence-electron chi connectivity index (χ0n) is 14.5. The minimum absolute atomic E-state index is 0.180. The van der Waals surface area contributed by atoms with Crippen molar-refractivity contribution in [2.75, 3.05) is 6.61 Å². The molecule has 0 bridgehead atoms. The summed E-state index contributed by atoms with van der Waals surface area (Å²) >= 11 is 0. The first-order valence-electron chi connectivity index (χ1n) is 8.51. The highest BCUT2D eigenvalue weighted by molar-refractivity contribution is 6.15. The van der Waals surface area contributed by atoms with Gasteiger partial charge in [-0.15, -0.1) is 0 Å². The van der Waals surface area contributed by atoms with E-state index in [4.69, 9.17) is 4.74 Å². The number of aromatic nitrogens is 2. The maximum absolute atomic E-state index is 12.9. The maximum Gasteiger partial charge on any atom is 0.356 e. The Bertz CT molecular complexity index is 1180. The molecule has 2 aromatic heterocycles. The van der Waals surface area contributed by atoms with Gasteiger partial charge in [-0.25, -0.2) is 14.6 Å². The highest BCUT2D eigenvalue weighted by Crippen LogP contribution is 2.36. The second-order valence-corrected chi connectivity index (χ2v) is 5.97. The molecule has 0 atom stereocenters. The van der Waals surface area contributed by atoms with E-state index in [-0.39, 0.29) is 23.4 Å². The number of para-hydroxylation sites is 1. The Morgan fingerprint density at radius 1 is 1.07 bits per heavy atom. The molecule has 0 saturated heterocycles. The van der Waals surface area contributed by atoms with Gasteiger partial charge in [-0.1, -0.05) is 48.5 Å². The summed E-state index contributed by atoms with van der Waals surface area (Å²) in [6.45, 7) is 1.90. The van der Waals surface area contributed by atoms with Gasteiger partial charge >= 0.3 is 11.9 Å². The number of hydrogen-bond acceptors (Lipinski definition) is 4. The van der Waals surface area contributed by atoms with Crippen molar-refractivity contribution in [2.45, 2.75) is 6.92 Å². The van der Waals surface area contributed by atoms with Crippen molar-refractivity contribution in [1.29, 1.82) is 0 Å². The molecule has 27 heavy (non-hydrogen) atoms. The number of esters is 1. The summed E-state index contributed by atoms with van der Waals surface area (Å²) in [7, 11) is 0. The number of pyridine rings is 1. The predicted molar refractivity (Wildman–Crippen MR) is 101 cm³/mol. The van der Waals surface area contributed by atoms with Gasteiger partial charge in [0.2, 0.25) is 0 Å². The second-order valence-electron chi connectivity index (χ2n) is 5.97. The van der Waals surface area contributed by atoms with Crippen LogP contribution in [0, 0.1) is 0 Å². The minimum Gasteiger partial charge on any atom is -0.476 e. The van der Waals surface area contributed by atoms with E-state index in [0.29, 0.717) is 5.56 Å². The molecular weight excluding hydrogens is 344 g/mol. The van der Waals surface area contributed by atoms with Gasteiger partial charge in [-0.3, -0.25) is 4.40 Å². The number of benzene rings is 2. The number of aromatic carboxylic acids is 1. The minimum atomic E-state index is -1.20. The predicted octanol–water partition coefficient (Wildman–Crippen LogP) is 4.03. The SMILES string of the molecule is CCOC(=O)c1c(-c2ccccc2)c2ccccc2n2cnc(C(=O)O)c12. The Hall–Kier alpha value is -3.67. The van der Waals surface area contributed by atoms with Gasteiger partial charge in [-0.2, -0.15) is 0 Å². The molecule has 134 valence electrons. The van der Waals surface area contributed by atoms with Crippen molar-refractivity contribution in [3.8, 4) is 11.1 Å². The van der Waals surface area contributed by atoms with E-state index >= 15 is 0 Å².